The highest BCUT2D eigenvalue weighted by Crippen LogP contribution is 2.59. The lowest BCUT2D eigenvalue weighted by molar-refractivity contribution is -0.138. The quantitative estimate of drug-likeness (QED) is 0.288. The predicted octanol–water partition coefficient (Wildman–Crippen LogP) is 2.75. The van der Waals surface area contributed by atoms with Gasteiger partial charge in [-0.25, -0.2) is 4.79 Å². The normalized spacial score (nSPS) is 36.9. The minimum absolute atomic E-state index is 0.0210. The van der Waals surface area contributed by atoms with Gasteiger partial charge in [0.05, 0.1) is 30.7 Å². The van der Waals surface area contributed by atoms with Crippen LogP contribution in [0.1, 0.15) is 79.6 Å². The number of methoxy groups -OCH3 is 1. The van der Waals surface area contributed by atoms with Gasteiger partial charge in [0.1, 0.15) is 35.2 Å². The number of ketones is 1. The van der Waals surface area contributed by atoms with Crippen molar-refractivity contribution in [2.24, 2.45) is 5.92 Å². The number of Topliss-reactive ketones (excluding diaryl/α,β-unsaturated/α-hetero) is 1. The van der Waals surface area contributed by atoms with Crippen molar-refractivity contribution in [3.8, 4) is 0 Å². The van der Waals surface area contributed by atoms with Crippen LogP contribution in [0.25, 0.3) is 0 Å². The number of nitrogens with zero attached hydrogens (tertiary/aromatic N) is 2. The lowest BCUT2D eigenvalue weighted by Crippen LogP contribution is -2.58. The van der Waals surface area contributed by atoms with Crippen LogP contribution < -0.4 is 5.32 Å². The van der Waals surface area contributed by atoms with Crippen LogP contribution in [0, 0.1) is 5.92 Å². The summed E-state index contributed by atoms with van der Waals surface area (Å²) in [5, 5.41) is 2.72. The molecule has 9 atom stereocenters. The Morgan fingerprint density at radius 3 is 2.40 bits per heavy atom. The van der Waals surface area contributed by atoms with Crippen LogP contribution in [-0.2, 0) is 33.3 Å². The first-order valence-electron chi connectivity index (χ1n) is 15.5. The molecule has 5 rings (SSSR count). The van der Waals surface area contributed by atoms with E-state index in [4.69, 9.17) is 18.9 Å². The summed E-state index contributed by atoms with van der Waals surface area (Å²) in [6, 6.07) is -0.946. The third kappa shape index (κ3) is 5.97. The van der Waals surface area contributed by atoms with Crippen LogP contribution in [0.2, 0.25) is 0 Å². The zero-order valence-corrected chi connectivity index (χ0v) is 25.9. The van der Waals surface area contributed by atoms with Crippen molar-refractivity contribution in [3.05, 3.63) is 11.6 Å². The molecular weight excluding hydrogens is 542 g/mol. The van der Waals surface area contributed by atoms with Crippen molar-refractivity contribution >= 4 is 23.7 Å². The molecule has 1 saturated carbocycles. The second-order valence-corrected chi connectivity index (χ2v) is 13.2. The van der Waals surface area contributed by atoms with E-state index in [0.29, 0.717) is 39.0 Å². The predicted molar refractivity (Wildman–Crippen MR) is 153 cm³/mol. The maximum absolute atomic E-state index is 13.5. The maximum Gasteiger partial charge on any atom is 0.410 e. The Balaban J connectivity index is 1.15. The molecule has 0 unspecified atom stereocenters. The van der Waals surface area contributed by atoms with E-state index in [2.05, 4.69) is 32.2 Å². The number of allylic oxidation sites excluding steroid dienone is 1. The van der Waals surface area contributed by atoms with E-state index in [0.717, 1.165) is 12.8 Å². The fraction of sp³-hybridized carbons (Fsp3) is 0.806. The van der Waals surface area contributed by atoms with Crippen LogP contribution in [0.5, 0.6) is 0 Å². The van der Waals surface area contributed by atoms with Gasteiger partial charge in [-0.1, -0.05) is 18.6 Å². The van der Waals surface area contributed by atoms with Crippen LogP contribution in [-0.4, -0.2) is 108 Å². The lowest BCUT2D eigenvalue weighted by Gasteiger charge is -2.43. The van der Waals surface area contributed by atoms with Crippen molar-refractivity contribution in [1.29, 1.82) is 0 Å². The van der Waals surface area contributed by atoms with Crippen molar-refractivity contribution in [1.82, 2.24) is 15.1 Å². The summed E-state index contributed by atoms with van der Waals surface area (Å²) in [6.07, 6.45) is 4.74. The molecule has 0 aromatic heterocycles. The first-order chi connectivity index (χ1) is 19.9. The van der Waals surface area contributed by atoms with Gasteiger partial charge in [0.2, 0.25) is 11.8 Å². The van der Waals surface area contributed by atoms with Crippen LogP contribution >= 0.6 is 0 Å². The van der Waals surface area contributed by atoms with E-state index >= 15 is 0 Å². The minimum Gasteiger partial charge on any atom is -0.443 e. The topological polar surface area (TPSA) is 130 Å². The standard InChI is InChI=1S/C31H47N3O8/c1-7-22(35)9-11-25(36)32-19(4)28(37)33-15-21-14-20(33)16-34(21)29(38)41-23-12-13-31(17-40-31)27(26(23)39-6)30(5)24(42-30)10-8-18(2)3/h8,19-21,23-24,26-27H,7,9-17H2,1-6H3,(H,32,36)/t19-,20-,21-,23+,24+,26+,27+,30-,31-/m0/s1. The molecule has 0 aromatic rings. The summed E-state index contributed by atoms with van der Waals surface area (Å²) >= 11 is 0. The molecule has 2 bridgehead atoms. The Kier molecular flexibility index (Phi) is 8.75. The molecule has 1 aliphatic carbocycles. The molecule has 5 fully saturated rings. The lowest BCUT2D eigenvalue weighted by atomic mass is 9.68. The number of rotatable bonds is 11. The Bertz CT molecular complexity index is 1120. The number of hydrogen-bond acceptors (Lipinski definition) is 8. The molecule has 5 aliphatic rings. The van der Waals surface area contributed by atoms with Gasteiger partial charge in [0.15, 0.2) is 0 Å². The number of carbonyl (C=O) groups excluding carboxylic acids is 4. The van der Waals surface area contributed by atoms with E-state index in [1.165, 1.54) is 5.57 Å². The van der Waals surface area contributed by atoms with Crippen LogP contribution in [0.4, 0.5) is 4.79 Å². The smallest absolute Gasteiger partial charge is 0.410 e. The molecule has 11 nitrogen and oxygen atoms in total. The average Bonchev–Trinajstić information content (AvgIpc) is 3.76. The minimum atomic E-state index is -0.695. The molecule has 3 amide bonds. The van der Waals surface area contributed by atoms with Crippen molar-refractivity contribution in [3.63, 3.8) is 0 Å². The molecule has 0 aromatic carbocycles. The molecule has 4 saturated heterocycles. The number of piperazine rings is 1. The third-order valence-electron chi connectivity index (χ3n) is 10.0. The fourth-order valence-corrected chi connectivity index (χ4v) is 7.48. The first-order valence-corrected chi connectivity index (χ1v) is 15.5. The average molecular weight is 590 g/mol. The zero-order chi connectivity index (χ0) is 30.4. The summed E-state index contributed by atoms with van der Waals surface area (Å²) in [5.41, 5.74) is 0.561. The monoisotopic (exact) mass is 589 g/mol. The number of hydrogen-bond donors (Lipinski definition) is 1. The highest BCUT2D eigenvalue weighted by molar-refractivity contribution is 5.90. The fourth-order valence-electron chi connectivity index (χ4n) is 7.48. The second kappa shape index (κ2) is 11.9. The molecule has 4 heterocycles. The number of fused-ring (bicyclic) bond motifs is 2. The summed E-state index contributed by atoms with van der Waals surface area (Å²) in [5.74, 6) is -0.502. The summed E-state index contributed by atoms with van der Waals surface area (Å²) in [7, 11) is 1.67. The van der Waals surface area contributed by atoms with Crippen LogP contribution in [0.15, 0.2) is 11.6 Å². The number of nitrogens with one attached hydrogen (secondary N) is 1. The van der Waals surface area contributed by atoms with Gasteiger partial charge in [0.25, 0.3) is 0 Å². The van der Waals surface area contributed by atoms with Crippen molar-refractivity contribution in [2.75, 3.05) is 26.8 Å². The van der Waals surface area contributed by atoms with Gasteiger partial charge < -0.3 is 34.1 Å². The van der Waals surface area contributed by atoms with Gasteiger partial charge in [0, 0.05) is 39.5 Å². The largest absolute Gasteiger partial charge is 0.443 e. The van der Waals surface area contributed by atoms with Crippen molar-refractivity contribution < 1.29 is 38.1 Å². The van der Waals surface area contributed by atoms with Gasteiger partial charge in [-0.2, -0.15) is 0 Å². The van der Waals surface area contributed by atoms with E-state index < -0.39 is 17.7 Å². The number of epoxide rings is 2. The van der Waals surface area contributed by atoms with E-state index in [-0.39, 0.29) is 72.3 Å². The molecule has 0 radical (unpaired) electrons. The Hall–Kier alpha value is -2.50. The Morgan fingerprint density at radius 2 is 1.81 bits per heavy atom. The Morgan fingerprint density at radius 1 is 1.12 bits per heavy atom. The summed E-state index contributed by atoms with van der Waals surface area (Å²) in [4.78, 5) is 53.8. The molecule has 234 valence electrons. The summed E-state index contributed by atoms with van der Waals surface area (Å²) < 4.78 is 24.5. The number of carbonyl (C=O) groups is 4. The van der Waals surface area contributed by atoms with Gasteiger partial charge >= 0.3 is 6.09 Å². The van der Waals surface area contributed by atoms with Gasteiger partial charge in [-0.3, -0.25) is 14.4 Å². The highest BCUT2D eigenvalue weighted by atomic mass is 16.6. The zero-order valence-electron chi connectivity index (χ0n) is 25.9. The number of likely N-dealkylation sites (tertiary alicyclic amines) is 2. The first kappa shape index (κ1) is 30.9. The molecule has 11 heteroatoms. The van der Waals surface area contributed by atoms with E-state index in [1.807, 2.05) is 0 Å². The molecule has 4 aliphatic heterocycles. The highest BCUT2D eigenvalue weighted by Gasteiger charge is 2.72. The number of ether oxygens (including phenoxy) is 4. The van der Waals surface area contributed by atoms with Crippen LogP contribution in [0.3, 0.4) is 0 Å². The van der Waals surface area contributed by atoms with E-state index in [9.17, 15) is 19.2 Å². The SMILES string of the molecule is CCC(=O)CCC(=O)N[C@@H](C)C(=O)N1C[C@@H]2C[C@H]1CN2C(=O)O[C@@H]1CC[C@]2(CO2)[C@@H]([C@@]2(C)O[C@@H]2CC=C(C)C)[C@@H]1OC. The molecule has 1 spiro atoms. The molecule has 42 heavy (non-hydrogen) atoms. The van der Waals surface area contributed by atoms with Gasteiger partial charge in [-0.05, 0) is 53.4 Å². The summed E-state index contributed by atoms with van der Waals surface area (Å²) in [6.45, 7) is 11.2. The second-order valence-electron chi connectivity index (χ2n) is 13.2. The Labute approximate surface area is 248 Å². The molecular formula is C31H47N3O8. The number of amides is 3. The third-order valence-corrected chi connectivity index (χ3v) is 10.0. The van der Waals surface area contributed by atoms with E-state index in [1.54, 1.807) is 30.8 Å². The van der Waals surface area contributed by atoms with Crippen molar-refractivity contribution in [2.45, 2.75) is 127 Å². The van der Waals surface area contributed by atoms with Gasteiger partial charge in [-0.15, -0.1) is 0 Å². The maximum atomic E-state index is 13.5. The molecule has 1 N–H and O–H groups in total.